The van der Waals surface area contributed by atoms with Gasteiger partial charge in [0, 0.05) is 24.0 Å². The number of nitrogens with one attached hydrogen (secondary N) is 1. The van der Waals surface area contributed by atoms with Crippen LogP contribution in [0.1, 0.15) is 24.6 Å². The molecule has 0 saturated carbocycles. The van der Waals surface area contributed by atoms with E-state index in [0.29, 0.717) is 0 Å². The van der Waals surface area contributed by atoms with Gasteiger partial charge in [0.15, 0.2) is 0 Å². The van der Waals surface area contributed by atoms with E-state index in [1.807, 2.05) is 12.1 Å². The zero-order chi connectivity index (χ0) is 10.4. The normalized spacial score (nSPS) is 13.1. The minimum Gasteiger partial charge on any atom is -0.327 e. The van der Waals surface area contributed by atoms with Crippen LogP contribution >= 0.6 is 22.9 Å². The highest BCUT2D eigenvalue weighted by Crippen LogP contribution is 2.20. The lowest BCUT2D eigenvalue weighted by Gasteiger charge is -2.10. The molecule has 3 N–H and O–H groups in total. The number of hydrogen-bond acceptors (Lipinski definition) is 3. The molecule has 0 amide bonds. The number of thiophene rings is 1. The van der Waals surface area contributed by atoms with Crippen molar-refractivity contribution in [1.29, 1.82) is 0 Å². The molecule has 0 aromatic carbocycles. The Morgan fingerprint density at radius 2 is 2.36 bits per heavy atom. The third-order valence-electron chi connectivity index (χ3n) is 1.99. The van der Waals surface area contributed by atoms with Crippen LogP contribution in [0.15, 0.2) is 12.1 Å². The Balaban J connectivity index is 2.15. The van der Waals surface area contributed by atoms with Crippen LogP contribution in [0.2, 0.25) is 4.34 Å². The van der Waals surface area contributed by atoms with E-state index in [-0.39, 0.29) is 6.04 Å². The summed E-state index contributed by atoms with van der Waals surface area (Å²) in [6.07, 6.45) is 2.23. The average Bonchev–Trinajstić information content (AvgIpc) is 2.52. The van der Waals surface area contributed by atoms with Gasteiger partial charge in [-0.25, -0.2) is 0 Å². The molecule has 4 heteroatoms. The van der Waals surface area contributed by atoms with E-state index in [0.717, 1.165) is 30.3 Å². The summed E-state index contributed by atoms with van der Waals surface area (Å²) in [7, 11) is 0. The van der Waals surface area contributed by atoms with Crippen molar-refractivity contribution in [2.45, 2.75) is 32.4 Å². The van der Waals surface area contributed by atoms with Crippen LogP contribution in [0.4, 0.5) is 0 Å². The lowest BCUT2D eigenvalue weighted by Crippen LogP contribution is -2.33. The van der Waals surface area contributed by atoms with Gasteiger partial charge in [0.25, 0.3) is 0 Å². The van der Waals surface area contributed by atoms with Crippen molar-refractivity contribution in [1.82, 2.24) is 5.32 Å². The molecule has 1 heterocycles. The van der Waals surface area contributed by atoms with Gasteiger partial charge in [0.05, 0.1) is 4.34 Å². The first-order chi connectivity index (χ1) is 6.72. The fourth-order valence-corrected chi connectivity index (χ4v) is 2.36. The zero-order valence-electron chi connectivity index (χ0n) is 8.42. The van der Waals surface area contributed by atoms with Crippen LogP contribution in [-0.4, -0.2) is 12.6 Å². The van der Waals surface area contributed by atoms with Gasteiger partial charge in [-0.3, -0.25) is 0 Å². The highest BCUT2D eigenvalue weighted by molar-refractivity contribution is 7.16. The SMILES string of the molecule is CCCC(N)CNCc1ccc(Cl)s1. The van der Waals surface area contributed by atoms with Crippen molar-refractivity contribution < 1.29 is 0 Å². The molecule has 0 spiro atoms. The topological polar surface area (TPSA) is 38.0 Å². The molecule has 0 aliphatic heterocycles. The Kier molecular flexibility index (Phi) is 5.48. The van der Waals surface area contributed by atoms with E-state index in [9.17, 15) is 0 Å². The number of halogens is 1. The molecule has 1 atom stereocenters. The molecule has 0 aliphatic carbocycles. The Morgan fingerprint density at radius 3 is 2.93 bits per heavy atom. The Bertz CT molecular complexity index is 262. The fourth-order valence-electron chi connectivity index (χ4n) is 1.30. The summed E-state index contributed by atoms with van der Waals surface area (Å²) >= 11 is 7.43. The number of rotatable bonds is 6. The molecule has 2 nitrogen and oxygen atoms in total. The van der Waals surface area contributed by atoms with E-state index in [4.69, 9.17) is 17.3 Å². The molecule has 1 aromatic rings. The van der Waals surface area contributed by atoms with Crippen molar-refractivity contribution in [3.05, 3.63) is 21.3 Å². The minimum absolute atomic E-state index is 0.274. The molecule has 0 bridgehead atoms. The quantitative estimate of drug-likeness (QED) is 0.792. The van der Waals surface area contributed by atoms with Gasteiger partial charge >= 0.3 is 0 Å². The van der Waals surface area contributed by atoms with Gasteiger partial charge in [-0.05, 0) is 18.6 Å². The molecular weight excluding hydrogens is 216 g/mol. The second-order valence-electron chi connectivity index (χ2n) is 3.39. The maximum atomic E-state index is 5.87. The predicted molar refractivity (Wildman–Crippen MR) is 63.9 cm³/mol. The molecular formula is C10H17ClN2S. The van der Waals surface area contributed by atoms with Gasteiger partial charge < -0.3 is 11.1 Å². The largest absolute Gasteiger partial charge is 0.327 e. The molecule has 0 fully saturated rings. The molecule has 1 unspecified atom stereocenters. The van der Waals surface area contributed by atoms with Crippen LogP contribution in [0.3, 0.4) is 0 Å². The predicted octanol–water partition coefficient (Wildman–Crippen LogP) is 2.62. The third kappa shape index (κ3) is 4.42. The Labute approximate surface area is 94.5 Å². The first kappa shape index (κ1) is 12.0. The summed E-state index contributed by atoms with van der Waals surface area (Å²) in [5, 5.41) is 3.33. The zero-order valence-corrected chi connectivity index (χ0v) is 10.00. The van der Waals surface area contributed by atoms with Gasteiger partial charge in [-0.15, -0.1) is 11.3 Å². The minimum atomic E-state index is 0.274. The second-order valence-corrected chi connectivity index (χ2v) is 5.19. The van der Waals surface area contributed by atoms with Gasteiger partial charge in [-0.1, -0.05) is 24.9 Å². The molecule has 14 heavy (non-hydrogen) atoms. The van der Waals surface area contributed by atoms with E-state index in [2.05, 4.69) is 12.2 Å². The molecule has 0 aliphatic rings. The molecule has 0 saturated heterocycles. The summed E-state index contributed by atoms with van der Waals surface area (Å²) in [5.41, 5.74) is 5.87. The maximum absolute atomic E-state index is 5.87. The van der Waals surface area contributed by atoms with Gasteiger partial charge in [0.1, 0.15) is 0 Å². The average molecular weight is 233 g/mol. The van der Waals surface area contributed by atoms with Crippen molar-refractivity contribution in [3.8, 4) is 0 Å². The molecule has 1 rings (SSSR count). The standard InChI is InChI=1S/C10H17ClN2S/c1-2-3-8(12)6-13-7-9-4-5-10(11)14-9/h4-5,8,13H,2-3,6-7,12H2,1H3. The Hall–Kier alpha value is -0.0900. The molecule has 80 valence electrons. The van der Waals surface area contributed by atoms with Crippen LogP contribution in [-0.2, 0) is 6.54 Å². The number of nitrogens with two attached hydrogens (primary N) is 1. The highest BCUT2D eigenvalue weighted by atomic mass is 35.5. The van der Waals surface area contributed by atoms with E-state index in [1.54, 1.807) is 11.3 Å². The maximum Gasteiger partial charge on any atom is 0.0931 e. The fraction of sp³-hybridized carbons (Fsp3) is 0.600. The molecule has 1 aromatic heterocycles. The van der Waals surface area contributed by atoms with Crippen molar-refractivity contribution in [2.75, 3.05) is 6.54 Å². The van der Waals surface area contributed by atoms with E-state index < -0.39 is 0 Å². The van der Waals surface area contributed by atoms with E-state index >= 15 is 0 Å². The molecule has 0 radical (unpaired) electrons. The van der Waals surface area contributed by atoms with Gasteiger partial charge in [0.2, 0.25) is 0 Å². The van der Waals surface area contributed by atoms with Crippen molar-refractivity contribution in [3.63, 3.8) is 0 Å². The first-order valence-electron chi connectivity index (χ1n) is 4.93. The van der Waals surface area contributed by atoms with Crippen LogP contribution in [0.5, 0.6) is 0 Å². The summed E-state index contributed by atoms with van der Waals surface area (Å²) in [6, 6.07) is 4.25. The van der Waals surface area contributed by atoms with Gasteiger partial charge in [-0.2, -0.15) is 0 Å². The third-order valence-corrected chi connectivity index (χ3v) is 3.23. The monoisotopic (exact) mass is 232 g/mol. The van der Waals surface area contributed by atoms with Crippen molar-refractivity contribution >= 4 is 22.9 Å². The van der Waals surface area contributed by atoms with E-state index in [1.165, 1.54) is 4.88 Å². The smallest absolute Gasteiger partial charge is 0.0931 e. The lowest BCUT2D eigenvalue weighted by molar-refractivity contribution is 0.540. The summed E-state index contributed by atoms with van der Waals surface area (Å²) < 4.78 is 0.847. The lowest BCUT2D eigenvalue weighted by atomic mass is 10.2. The van der Waals surface area contributed by atoms with Crippen LogP contribution in [0, 0.1) is 0 Å². The van der Waals surface area contributed by atoms with Crippen LogP contribution < -0.4 is 11.1 Å². The Morgan fingerprint density at radius 1 is 1.57 bits per heavy atom. The second kappa shape index (κ2) is 6.40. The summed E-state index contributed by atoms with van der Waals surface area (Å²) in [6.45, 7) is 3.90. The first-order valence-corrected chi connectivity index (χ1v) is 6.12. The highest BCUT2D eigenvalue weighted by Gasteiger charge is 2.01. The summed E-state index contributed by atoms with van der Waals surface area (Å²) in [5.74, 6) is 0. The van der Waals surface area contributed by atoms with Crippen LogP contribution in [0.25, 0.3) is 0 Å². The van der Waals surface area contributed by atoms with Crippen molar-refractivity contribution in [2.24, 2.45) is 5.73 Å². The number of hydrogen-bond donors (Lipinski definition) is 2. The summed E-state index contributed by atoms with van der Waals surface area (Å²) in [4.78, 5) is 1.26.